The number of hydrogen-bond donors (Lipinski definition) is 1. The van der Waals surface area contributed by atoms with E-state index < -0.39 is 0 Å². The molecule has 1 heterocycles. The maximum absolute atomic E-state index is 11.1. The standard InChI is InChI=1S/C14H17N3O2/c1-10-4-6-12(7-5-10)17-11(2)8-13(16-17)15-9-14(18)19-3/h4-8H,9H2,1-3H3,(H,15,16). The van der Waals surface area contributed by atoms with Crippen LogP contribution in [0.2, 0.25) is 0 Å². The van der Waals surface area contributed by atoms with Gasteiger partial charge in [-0.15, -0.1) is 0 Å². The van der Waals surface area contributed by atoms with E-state index in [2.05, 4.69) is 15.2 Å². The van der Waals surface area contributed by atoms with Crippen molar-refractivity contribution in [3.8, 4) is 5.69 Å². The lowest BCUT2D eigenvalue weighted by molar-refractivity contribution is -0.138. The quantitative estimate of drug-likeness (QED) is 0.854. The lowest BCUT2D eigenvalue weighted by Crippen LogP contribution is -2.15. The van der Waals surface area contributed by atoms with Crippen LogP contribution in [0.5, 0.6) is 0 Å². The van der Waals surface area contributed by atoms with Crippen LogP contribution in [0.4, 0.5) is 5.82 Å². The number of nitrogens with zero attached hydrogens (tertiary/aromatic N) is 2. The van der Waals surface area contributed by atoms with Gasteiger partial charge in [0.2, 0.25) is 0 Å². The van der Waals surface area contributed by atoms with E-state index in [0.717, 1.165) is 11.4 Å². The molecule has 0 amide bonds. The van der Waals surface area contributed by atoms with Crippen LogP contribution < -0.4 is 5.32 Å². The third-order valence-electron chi connectivity index (χ3n) is 2.81. The first-order valence-electron chi connectivity index (χ1n) is 6.04. The Hall–Kier alpha value is -2.30. The summed E-state index contributed by atoms with van der Waals surface area (Å²) in [6.45, 7) is 4.13. The van der Waals surface area contributed by atoms with Crippen molar-refractivity contribution in [2.24, 2.45) is 0 Å². The molecule has 19 heavy (non-hydrogen) atoms. The Morgan fingerprint density at radius 1 is 1.32 bits per heavy atom. The normalized spacial score (nSPS) is 10.3. The first kappa shape index (κ1) is 13.1. The molecule has 1 aromatic carbocycles. The zero-order valence-corrected chi connectivity index (χ0v) is 11.3. The van der Waals surface area contributed by atoms with Crippen LogP contribution in [0.15, 0.2) is 30.3 Å². The van der Waals surface area contributed by atoms with Gasteiger partial charge in [0.1, 0.15) is 12.4 Å². The summed E-state index contributed by atoms with van der Waals surface area (Å²) >= 11 is 0. The fourth-order valence-electron chi connectivity index (χ4n) is 1.74. The van der Waals surface area contributed by atoms with Gasteiger partial charge >= 0.3 is 5.97 Å². The van der Waals surface area contributed by atoms with Gasteiger partial charge in [0, 0.05) is 11.8 Å². The van der Waals surface area contributed by atoms with Crippen LogP contribution in [-0.2, 0) is 9.53 Å². The van der Waals surface area contributed by atoms with Gasteiger partial charge < -0.3 is 10.1 Å². The number of ether oxygens (including phenoxy) is 1. The van der Waals surface area contributed by atoms with Gasteiger partial charge in [-0.25, -0.2) is 4.68 Å². The molecule has 0 fully saturated rings. The summed E-state index contributed by atoms with van der Waals surface area (Å²) in [7, 11) is 1.36. The Morgan fingerprint density at radius 3 is 2.63 bits per heavy atom. The Labute approximate surface area is 112 Å². The van der Waals surface area contributed by atoms with Gasteiger partial charge in [0.25, 0.3) is 0 Å². The average molecular weight is 259 g/mol. The van der Waals surface area contributed by atoms with Crippen LogP contribution >= 0.6 is 0 Å². The van der Waals surface area contributed by atoms with Crippen molar-refractivity contribution in [2.45, 2.75) is 13.8 Å². The van der Waals surface area contributed by atoms with Crippen LogP contribution in [-0.4, -0.2) is 29.4 Å². The minimum Gasteiger partial charge on any atom is -0.468 e. The summed E-state index contributed by atoms with van der Waals surface area (Å²) in [5.74, 6) is 0.339. The molecule has 1 N–H and O–H groups in total. The number of carbonyl (C=O) groups excluding carboxylic acids is 1. The zero-order valence-electron chi connectivity index (χ0n) is 11.3. The molecule has 0 atom stereocenters. The Bertz CT molecular complexity index is 573. The molecule has 0 unspecified atom stereocenters. The second-order valence-electron chi connectivity index (χ2n) is 4.35. The highest BCUT2D eigenvalue weighted by molar-refractivity contribution is 5.74. The second-order valence-corrected chi connectivity index (χ2v) is 4.35. The Morgan fingerprint density at radius 2 is 2.00 bits per heavy atom. The molecule has 2 rings (SSSR count). The van der Waals surface area contributed by atoms with Crippen molar-refractivity contribution in [1.82, 2.24) is 9.78 Å². The Balaban J connectivity index is 2.16. The van der Waals surface area contributed by atoms with Gasteiger partial charge in [-0.2, -0.15) is 5.10 Å². The molecule has 0 saturated carbocycles. The van der Waals surface area contributed by atoms with Crippen LogP contribution in [0.1, 0.15) is 11.3 Å². The monoisotopic (exact) mass is 259 g/mol. The van der Waals surface area contributed by atoms with Crippen LogP contribution in [0, 0.1) is 13.8 Å². The fourth-order valence-corrected chi connectivity index (χ4v) is 1.74. The predicted octanol–water partition coefficient (Wildman–Crippen LogP) is 2.07. The van der Waals surface area contributed by atoms with Crippen LogP contribution in [0.3, 0.4) is 0 Å². The highest BCUT2D eigenvalue weighted by atomic mass is 16.5. The predicted molar refractivity (Wildman–Crippen MR) is 73.5 cm³/mol. The van der Waals surface area contributed by atoms with E-state index in [1.165, 1.54) is 12.7 Å². The number of aryl methyl sites for hydroxylation is 2. The molecule has 0 spiro atoms. The minimum atomic E-state index is -0.317. The molecule has 1 aromatic heterocycles. The zero-order chi connectivity index (χ0) is 13.8. The number of carbonyl (C=O) groups is 1. The topological polar surface area (TPSA) is 56.1 Å². The summed E-state index contributed by atoms with van der Waals surface area (Å²) in [4.78, 5) is 11.1. The van der Waals surface area contributed by atoms with Crippen molar-refractivity contribution in [3.63, 3.8) is 0 Å². The molecular weight excluding hydrogens is 242 g/mol. The number of aromatic nitrogens is 2. The molecular formula is C14H17N3O2. The van der Waals surface area contributed by atoms with E-state index >= 15 is 0 Å². The lowest BCUT2D eigenvalue weighted by atomic mass is 10.2. The molecule has 100 valence electrons. The first-order valence-corrected chi connectivity index (χ1v) is 6.04. The van der Waals surface area contributed by atoms with E-state index in [9.17, 15) is 4.79 Å². The fraction of sp³-hybridized carbons (Fsp3) is 0.286. The van der Waals surface area contributed by atoms with Gasteiger partial charge in [0.15, 0.2) is 0 Å². The van der Waals surface area contributed by atoms with E-state index in [0.29, 0.717) is 5.82 Å². The molecule has 5 heteroatoms. The smallest absolute Gasteiger partial charge is 0.325 e. The minimum absolute atomic E-state index is 0.112. The molecule has 0 saturated heterocycles. The molecule has 0 aliphatic carbocycles. The highest BCUT2D eigenvalue weighted by Crippen LogP contribution is 2.15. The van der Waals surface area contributed by atoms with E-state index in [4.69, 9.17) is 0 Å². The van der Waals surface area contributed by atoms with Gasteiger partial charge in [-0.05, 0) is 26.0 Å². The molecule has 0 radical (unpaired) electrons. The number of esters is 1. The average Bonchev–Trinajstić information content (AvgIpc) is 2.78. The second kappa shape index (κ2) is 5.56. The van der Waals surface area contributed by atoms with Crippen molar-refractivity contribution >= 4 is 11.8 Å². The largest absolute Gasteiger partial charge is 0.468 e. The Kier molecular flexibility index (Phi) is 3.85. The third kappa shape index (κ3) is 3.13. The number of anilines is 1. The molecule has 0 aliphatic rings. The van der Waals surface area contributed by atoms with Gasteiger partial charge in [0.05, 0.1) is 12.8 Å². The maximum atomic E-state index is 11.1. The molecule has 0 bridgehead atoms. The molecule has 2 aromatic rings. The number of nitrogens with one attached hydrogen (secondary N) is 1. The van der Waals surface area contributed by atoms with Crippen molar-refractivity contribution in [1.29, 1.82) is 0 Å². The number of hydrogen-bond acceptors (Lipinski definition) is 4. The summed E-state index contributed by atoms with van der Waals surface area (Å²) in [5.41, 5.74) is 3.20. The van der Waals surface area contributed by atoms with E-state index in [1.54, 1.807) is 0 Å². The summed E-state index contributed by atoms with van der Waals surface area (Å²) in [6.07, 6.45) is 0. The number of methoxy groups -OCH3 is 1. The highest BCUT2D eigenvalue weighted by Gasteiger charge is 2.07. The van der Waals surface area contributed by atoms with E-state index in [1.807, 2.05) is 48.9 Å². The van der Waals surface area contributed by atoms with Gasteiger partial charge in [-0.1, -0.05) is 17.7 Å². The first-order chi connectivity index (χ1) is 9.10. The summed E-state index contributed by atoms with van der Waals surface area (Å²) in [5, 5.41) is 7.34. The molecule has 5 nitrogen and oxygen atoms in total. The number of rotatable bonds is 4. The lowest BCUT2D eigenvalue weighted by Gasteiger charge is -2.04. The maximum Gasteiger partial charge on any atom is 0.325 e. The van der Waals surface area contributed by atoms with Crippen molar-refractivity contribution < 1.29 is 9.53 Å². The van der Waals surface area contributed by atoms with E-state index in [-0.39, 0.29) is 12.5 Å². The van der Waals surface area contributed by atoms with Gasteiger partial charge in [-0.3, -0.25) is 4.79 Å². The summed E-state index contributed by atoms with van der Waals surface area (Å²) in [6, 6.07) is 10.00. The van der Waals surface area contributed by atoms with Crippen molar-refractivity contribution in [3.05, 3.63) is 41.6 Å². The van der Waals surface area contributed by atoms with Crippen molar-refractivity contribution in [2.75, 3.05) is 19.0 Å². The SMILES string of the molecule is COC(=O)CNc1cc(C)n(-c2ccc(C)cc2)n1. The number of benzene rings is 1. The van der Waals surface area contributed by atoms with Crippen LogP contribution in [0.25, 0.3) is 5.69 Å². The molecule has 0 aliphatic heterocycles. The third-order valence-corrected chi connectivity index (χ3v) is 2.81. The summed E-state index contributed by atoms with van der Waals surface area (Å²) < 4.78 is 6.40.